The molecule has 0 radical (unpaired) electrons. The van der Waals surface area contributed by atoms with Crippen molar-refractivity contribution in [1.82, 2.24) is 19.2 Å². The zero-order valence-electron chi connectivity index (χ0n) is 39.8. The maximum absolute atomic E-state index is 15.6. The lowest BCUT2D eigenvalue weighted by Crippen LogP contribution is -2.48. The van der Waals surface area contributed by atoms with Gasteiger partial charge in [-0.3, -0.25) is 19.2 Å². The zero-order valence-corrected chi connectivity index (χ0v) is 39.8. The molecular formula is C54H64N4O9. The standard InChI is InChI=1S/C54H64N4O9/c1-8-36-30-56-20-18-37-24-46(62-4)48(64-6)28-42(37)44(56)22-39(36)23-45-43-29-49(65-7)47(63-5)25-38(43)19-21-57(45)53(60)50-26-40(27-51(67-50)66-32-35-16-14-34(31-59)15-17-35)52-33(2)55(3)58(54(52)61)41-12-10-9-11-13-41/h9-17,24-26,28-29,36,39-40,44-45,51,59H,8,18-23,27,30-32H2,1-7H3/t36-,39+,40+,44-,45+,51-/m0/s1. The number of ether oxygens (including phenoxy) is 6. The third-order valence-corrected chi connectivity index (χ3v) is 15.0. The predicted molar refractivity (Wildman–Crippen MR) is 255 cm³/mol. The van der Waals surface area contributed by atoms with Gasteiger partial charge in [-0.25, -0.2) is 4.68 Å². The highest BCUT2D eigenvalue weighted by Gasteiger charge is 2.44. The van der Waals surface area contributed by atoms with Gasteiger partial charge >= 0.3 is 0 Å². The van der Waals surface area contributed by atoms with Crippen LogP contribution < -0.4 is 24.5 Å². The molecule has 0 aliphatic carbocycles. The fourth-order valence-corrected chi connectivity index (χ4v) is 11.3. The van der Waals surface area contributed by atoms with Crippen LogP contribution in [-0.4, -0.2) is 84.5 Å². The van der Waals surface area contributed by atoms with Crippen molar-refractivity contribution in [3.63, 3.8) is 0 Å². The van der Waals surface area contributed by atoms with Crippen LogP contribution in [0.15, 0.2) is 95.5 Å². The first-order valence-electron chi connectivity index (χ1n) is 23.6. The van der Waals surface area contributed by atoms with Crippen molar-refractivity contribution in [2.45, 2.75) is 89.9 Å². The number of amides is 1. The normalized spacial score (nSPS) is 22.4. The Morgan fingerprint density at radius 3 is 2.07 bits per heavy atom. The number of methoxy groups -OCH3 is 4. The maximum atomic E-state index is 15.6. The molecule has 1 N–H and O–H groups in total. The van der Waals surface area contributed by atoms with Crippen molar-refractivity contribution in [3.8, 4) is 28.7 Å². The molecule has 4 aromatic carbocycles. The second kappa shape index (κ2) is 19.7. The number of hydrogen-bond acceptors (Lipinski definition) is 10. The van der Waals surface area contributed by atoms with Gasteiger partial charge in [-0.15, -0.1) is 0 Å². The zero-order chi connectivity index (χ0) is 46.9. The summed E-state index contributed by atoms with van der Waals surface area (Å²) in [5, 5.41) is 9.64. The molecule has 1 saturated heterocycles. The van der Waals surface area contributed by atoms with E-state index in [0.717, 1.165) is 83.9 Å². The van der Waals surface area contributed by atoms with Gasteiger partial charge in [0.15, 0.2) is 28.8 Å². The number of para-hydroxylation sites is 1. The van der Waals surface area contributed by atoms with E-state index in [1.807, 2.05) is 84.2 Å². The van der Waals surface area contributed by atoms with E-state index in [1.165, 1.54) is 11.1 Å². The number of piperidine rings is 1. The van der Waals surface area contributed by atoms with Crippen molar-refractivity contribution in [1.29, 1.82) is 0 Å². The summed E-state index contributed by atoms with van der Waals surface area (Å²) in [6, 6.07) is 25.5. The van der Waals surface area contributed by atoms with Gasteiger partial charge in [-0.2, -0.15) is 0 Å². The van der Waals surface area contributed by atoms with Crippen LogP contribution >= 0.6 is 0 Å². The van der Waals surface area contributed by atoms with E-state index in [-0.39, 0.29) is 48.4 Å². The van der Waals surface area contributed by atoms with Crippen LogP contribution in [0.25, 0.3) is 5.69 Å². The Kier molecular flexibility index (Phi) is 13.5. The molecule has 4 aliphatic rings. The fraction of sp³-hybridized carbons (Fsp3) is 0.444. The van der Waals surface area contributed by atoms with Crippen LogP contribution in [0.1, 0.15) is 95.2 Å². The molecular weight excluding hydrogens is 849 g/mol. The number of aliphatic hydroxyl groups excluding tert-OH is 1. The number of fused-ring (bicyclic) bond motifs is 4. The van der Waals surface area contributed by atoms with Gasteiger partial charge in [0.25, 0.3) is 11.5 Å². The van der Waals surface area contributed by atoms with E-state index in [0.29, 0.717) is 42.4 Å². The minimum Gasteiger partial charge on any atom is -0.493 e. The summed E-state index contributed by atoms with van der Waals surface area (Å²) in [6.45, 7) is 6.80. The summed E-state index contributed by atoms with van der Waals surface area (Å²) in [7, 11) is 8.57. The Bertz CT molecular complexity index is 2670. The smallest absolute Gasteiger partial charge is 0.289 e. The monoisotopic (exact) mass is 912 g/mol. The number of carbonyl (C=O) groups excluding carboxylic acids is 1. The van der Waals surface area contributed by atoms with E-state index in [1.54, 1.807) is 33.1 Å². The number of hydrogen-bond donors (Lipinski definition) is 1. The summed E-state index contributed by atoms with van der Waals surface area (Å²) in [6.07, 6.45) is 5.61. The second-order valence-corrected chi connectivity index (χ2v) is 18.4. The molecule has 1 fully saturated rings. The fourth-order valence-electron chi connectivity index (χ4n) is 11.3. The average molecular weight is 913 g/mol. The Hall–Kier alpha value is -6.02. The van der Waals surface area contributed by atoms with Gasteiger partial charge < -0.3 is 38.4 Å². The summed E-state index contributed by atoms with van der Waals surface area (Å²) in [4.78, 5) is 34.7. The highest BCUT2D eigenvalue weighted by Crippen LogP contribution is 2.50. The molecule has 13 heteroatoms. The lowest BCUT2D eigenvalue weighted by molar-refractivity contribution is -0.158. The van der Waals surface area contributed by atoms with E-state index in [4.69, 9.17) is 28.4 Å². The molecule has 0 unspecified atom stereocenters. The lowest BCUT2D eigenvalue weighted by Gasteiger charge is -2.49. The van der Waals surface area contributed by atoms with Crippen molar-refractivity contribution >= 4 is 5.91 Å². The first-order chi connectivity index (χ1) is 32.6. The van der Waals surface area contributed by atoms with Gasteiger partial charge in [0, 0.05) is 56.3 Å². The third-order valence-electron chi connectivity index (χ3n) is 15.0. The highest BCUT2D eigenvalue weighted by molar-refractivity contribution is 5.92. The maximum Gasteiger partial charge on any atom is 0.289 e. The third kappa shape index (κ3) is 8.85. The Morgan fingerprint density at radius 1 is 0.791 bits per heavy atom. The van der Waals surface area contributed by atoms with E-state index in [2.05, 4.69) is 36.1 Å². The van der Waals surface area contributed by atoms with Gasteiger partial charge in [-0.1, -0.05) is 55.8 Å². The Morgan fingerprint density at radius 2 is 1.42 bits per heavy atom. The molecule has 13 nitrogen and oxygen atoms in total. The molecule has 5 aromatic rings. The van der Waals surface area contributed by atoms with Crippen molar-refractivity contribution in [2.24, 2.45) is 18.9 Å². The number of rotatable bonds is 14. The van der Waals surface area contributed by atoms with Gasteiger partial charge in [0.2, 0.25) is 6.29 Å². The van der Waals surface area contributed by atoms with E-state index < -0.39 is 12.2 Å². The molecule has 4 aliphatic heterocycles. The van der Waals surface area contributed by atoms with Crippen molar-refractivity contribution < 1.29 is 38.3 Å². The topological polar surface area (TPSA) is 126 Å². The summed E-state index contributed by atoms with van der Waals surface area (Å²) in [5.41, 5.74) is 8.45. The molecule has 67 heavy (non-hydrogen) atoms. The quantitative estimate of drug-likeness (QED) is 0.117. The van der Waals surface area contributed by atoms with Gasteiger partial charge in [0.05, 0.1) is 53.4 Å². The first kappa shape index (κ1) is 46.1. The van der Waals surface area contributed by atoms with E-state index >= 15 is 4.79 Å². The molecule has 1 amide bonds. The number of aliphatic hydroxyl groups is 1. The van der Waals surface area contributed by atoms with Crippen LogP contribution in [0.2, 0.25) is 0 Å². The van der Waals surface area contributed by atoms with E-state index in [9.17, 15) is 9.90 Å². The Labute approximate surface area is 393 Å². The molecule has 354 valence electrons. The number of allylic oxidation sites excluding steroid dienone is 1. The van der Waals surface area contributed by atoms with Crippen molar-refractivity contribution in [2.75, 3.05) is 48.1 Å². The second-order valence-electron chi connectivity index (χ2n) is 18.4. The summed E-state index contributed by atoms with van der Waals surface area (Å²) in [5.74, 6) is 2.91. The predicted octanol–water partition coefficient (Wildman–Crippen LogP) is 8.10. The number of aromatic nitrogens is 2. The van der Waals surface area contributed by atoms with Crippen LogP contribution in [0.5, 0.6) is 23.0 Å². The minimum atomic E-state index is -0.827. The Balaban J connectivity index is 1.09. The molecule has 0 spiro atoms. The van der Waals surface area contributed by atoms with Gasteiger partial charge in [-0.05, 0) is 120 Å². The first-order valence-corrected chi connectivity index (χ1v) is 23.6. The highest BCUT2D eigenvalue weighted by atomic mass is 16.7. The number of benzene rings is 4. The average Bonchev–Trinajstić information content (AvgIpc) is 3.60. The molecule has 6 atom stereocenters. The van der Waals surface area contributed by atoms with Crippen LogP contribution in [0.3, 0.4) is 0 Å². The molecule has 1 aromatic heterocycles. The summed E-state index contributed by atoms with van der Waals surface area (Å²) >= 11 is 0. The van der Waals surface area contributed by atoms with Crippen LogP contribution in [0.4, 0.5) is 0 Å². The molecule has 5 heterocycles. The minimum absolute atomic E-state index is 0.0538. The molecule has 0 bridgehead atoms. The largest absolute Gasteiger partial charge is 0.493 e. The molecule has 9 rings (SSSR count). The van der Waals surface area contributed by atoms with Crippen LogP contribution in [0, 0.1) is 18.8 Å². The summed E-state index contributed by atoms with van der Waals surface area (Å²) < 4.78 is 39.9. The number of nitrogens with zero attached hydrogens (tertiary/aromatic N) is 4. The van der Waals surface area contributed by atoms with Crippen molar-refractivity contribution in [3.05, 3.63) is 146 Å². The lowest BCUT2D eigenvalue weighted by atomic mass is 9.72. The number of carbonyl (C=O) groups is 1. The SMILES string of the molecule is CC[C@H]1CN2CCc3cc(OC)c(OC)cc3[C@@H]2C[C@@H]1C[C@@H]1c2cc(OC)c(OC)cc2CCN1C(=O)C1=C[C@@H](c2c(C)n(C)n(-c3ccccc3)c2=O)C[C@@H](OCc2ccc(CO)cc2)O1. The molecule has 0 saturated carbocycles. The van der Waals surface area contributed by atoms with Crippen LogP contribution in [-0.2, 0) is 47.4 Å². The van der Waals surface area contributed by atoms with Gasteiger partial charge in [0.1, 0.15) is 0 Å².